The number of hydrogen-bond donors (Lipinski definition) is 0. The second-order valence-corrected chi connectivity index (χ2v) is 17.7. The lowest BCUT2D eigenvalue weighted by Crippen LogP contribution is -2.25. The van der Waals surface area contributed by atoms with Gasteiger partial charge in [-0.2, -0.15) is 0 Å². The summed E-state index contributed by atoms with van der Waals surface area (Å²) in [5.41, 5.74) is 16.8. The summed E-state index contributed by atoms with van der Waals surface area (Å²) < 4.78 is 9.15. The fraction of sp³-hybridized carbons (Fsp3) is 0.0172. The molecule has 0 saturated carbocycles. The summed E-state index contributed by atoms with van der Waals surface area (Å²) in [5.74, 6) is 1.85. The Morgan fingerprint density at radius 2 is 0.921 bits per heavy atom. The van der Waals surface area contributed by atoms with Crippen LogP contribution in [0.5, 0.6) is 0 Å². The molecule has 292 valence electrons. The molecule has 14 rings (SSSR count). The maximum absolute atomic E-state index is 6.65. The molecule has 0 radical (unpaired) electrons. The number of benzene rings is 9. The second kappa shape index (κ2) is 13.0. The quantitative estimate of drug-likeness (QED) is 0.177. The molecule has 5 heteroatoms. The van der Waals surface area contributed by atoms with E-state index in [-0.39, 0.29) is 0 Å². The van der Waals surface area contributed by atoms with Gasteiger partial charge in [0.05, 0.1) is 5.41 Å². The summed E-state index contributed by atoms with van der Waals surface area (Å²) in [6.07, 6.45) is 0. The van der Waals surface area contributed by atoms with Crippen molar-refractivity contribution < 1.29 is 4.42 Å². The van der Waals surface area contributed by atoms with Crippen molar-refractivity contribution in [2.24, 2.45) is 0 Å². The maximum Gasteiger partial charge on any atom is 0.164 e. The van der Waals surface area contributed by atoms with Gasteiger partial charge in [-0.1, -0.05) is 158 Å². The van der Waals surface area contributed by atoms with Gasteiger partial charge < -0.3 is 4.42 Å². The van der Waals surface area contributed by atoms with Crippen LogP contribution in [-0.4, -0.2) is 15.0 Å². The van der Waals surface area contributed by atoms with E-state index in [2.05, 4.69) is 170 Å². The van der Waals surface area contributed by atoms with E-state index >= 15 is 0 Å². The monoisotopic (exact) mass is 819 g/mol. The van der Waals surface area contributed by atoms with Gasteiger partial charge >= 0.3 is 0 Å². The zero-order valence-electron chi connectivity index (χ0n) is 33.7. The van der Waals surface area contributed by atoms with E-state index in [9.17, 15) is 0 Å². The molecule has 3 aromatic heterocycles. The highest BCUT2D eigenvalue weighted by atomic mass is 32.1. The first-order chi connectivity index (χ1) is 31.2. The molecular formula is C58H33N3OS. The van der Waals surface area contributed by atoms with Crippen molar-refractivity contribution in [1.29, 1.82) is 0 Å². The largest absolute Gasteiger partial charge is 0.456 e. The van der Waals surface area contributed by atoms with Crippen molar-refractivity contribution in [2.75, 3.05) is 0 Å². The molecule has 4 nitrogen and oxygen atoms in total. The molecule has 3 heterocycles. The molecule has 12 aromatic rings. The Kier molecular flexibility index (Phi) is 7.16. The Labute approximate surface area is 366 Å². The van der Waals surface area contributed by atoms with Crippen LogP contribution >= 0.6 is 11.3 Å². The standard InChI is InChI=1S/C58H33N3OS/c1-2-14-34(15-3-1)55-59-56(36-29-31-52-43(33-36)40-18-7-11-27-51(40)63-52)61-57(60-55)42-21-13-26-50-54(42)44-32-35(28-30-49(44)62-50)37-20-12-25-48-53(37)41-19-6-10-24-47(41)58(48)45-22-8-4-16-38(45)39-17-5-9-23-46(39)58/h1-33H. The smallest absolute Gasteiger partial charge is 0.164 e. The topological polar surface area (TPSA) is 51.8 Å². The lowest BCUT2D eigenvalue weighted by atomic mass is 9.70. The zero-order valence-corrected chi connectivity index (χ0v) is 34.5. The van der Waals surface area contributed by atoms with Crippen LogP contribution in [0.4, 0.5) is 0 Å². The highest BCUT2D eigenvalue weighted by molar-refractivity contribution is 7.25. The van der Waals surface area contributed by atoms with Crippen molar-refractivity contribution in [3.8, 4) is 67.5 Å². The number of rotatable bonds is 4. The van der Waals surface area contributed by atoms with E-state index in [0.29, 0.717) is 17.5 Å². The van der Waals surface area contributed by atoms with Crippen LogP contribution in [0.2, 0.25) is 0 Å². The van der Waals surface area contributed by atoms with E-state index in [1.807, 2.05) is 41.7 Å². The summed E-state index contributed by atoms with van der Waals surface area (Å²) >= 11 is 1.81. The van der Waals surface area contributed by atoms with Gasteiger partial charge in [0.1, 0.15) is 11.2 Å². The minimum absolute atomic E-state index is 0.414. The van der Waals surface area contributed by atoms with E-state index in [0.717, 1.165) is 44.2 Å². The fourth-order valence-electron chi connectivity index (χ4n) is 10.8. The molecule has 9 aromatic carbocycles. The van der Waals surface area contributed by atoms with Gasteiger partial charge in [0.25, 0.3) is 0 Å². The number of furan rings is 1. The number of fused-ring (bicyclic) bond motifs is 16. The van der Waals surface area contributed by atoms with Crippen molar-refractivity contribution in [2.45, 2.75) is 5.41 Å². The van der Waals surface area contributed by atoms with Crippen molar-refractivity contribution in [3.05, 3.63) is 222 Å². The molecule has 0 saturated heterocycles. The Hall–Kier alpha value is -7.99. The summed E-state index contributed by atoms with van der Waals surface area (Å²) in [6.45, 7) is 0. The van der Waals surface area contributed by atoms with Crippen LogP contribution in [0.15, 0.2) is 205 Å². The molecule has 2 aliphatic carbocycles. The molecule has 0 unspecified atom stereocenters. The van der Waals surface area contributed by atoms with E-state index in [1.165, 1.54) is 70.2 Å². The molecule has 0 N–H and O–H groups in total. The Bertz CT molecular complexity index is 3830. The lowest BCUT2D eigenvalue weighted by molar-refractivity contribution is 0.669. The fourth-order valence-corrected chi connectivity index (χ4v) is 11.9. The first-order valence-corrected chi connectivity index (χ1v) is 22.2. The second-order valence-electron chi connectivity index (χ2n) is 16.6. The van der Waals surface area contributed by atoms with E-state index in [1.54, 1.807) is 0 Å². The predicted molar refractivity (Wildman–Crippen MR) is 258 cm³/mol. The number of hydrogen-bond acceptors (Lipinski definition) is 5. The molecule has 1 spiro atoms. The van der Waals surface area contributed by atoms with Gasteiger partial charge in [0.2, 0.25) is 0 Å². The zero-order chi connectivity index (χ0) is 41.2. The summed E-state index contributed by atoms with van der Waals surface area (Å²) in [6, 6.07) is 72.0. The molecule has 0 atom stereocenters. The molecule has 0 fully saturated rings. The average molecular weight is 820 g/mol. The highest BCUT2D eigenvalue weighted by Crippen LogP contribution is 2.64. The Balaban J connectivity index is 0.980. The van der Waals surface area contributed by atoms with Crippen molar-refractivity contribution in [3.63, 3.8) is 0 Å². The summed E-state index contributed by atoms with van der Waals surface area (Å²) in [5, 5.41) is 4.44. The van der Waals surface area contributed by atoms with Crippen LogP contribution in [0, 0.1) is 0 Å². The normalized spacial score (nSPS) is 13.2. The molecule has 2 aliphatic rings. The molecule has 0 amide bonds. The number of thiophene rings is 1. The van der Waals surface area contributed by atoms with Gasteiger partial charge in [-0.25, -0.2) is 15.0 Å². The molecular weight excluding hydrogens is 787 g/mol. The Morgan fingerprint density at radius 3 is 1.73 bits per heavy atom. The molecule has 63 heavy (non-hydrogen) atoms. The molecule has 0 bridgehead atoms. The van der Waals surface area contributed by atoms with E-state index < -0.39 is 5.41 Å². The van der Waals surface area contributed by atoms with Crippen LogP contribution in [-0.2, 0) is 5.41 Å². The SMILES string of the molecule is c1ccc(-c2nc(-c3ccc4sc5ccccc5c4c3)nc(-c3cccc4oc5ccc(-c6cccc7c6-c6ccccc6C76c7ccccc7-c7ccccc76)cc5c34)n2)cc1. The van der Waals surface area contributed by atoms with Crippen molar-refractivity contribution >= 4 is 53.4 Å². The third-order valence-electron chi connectivity index (χ3n) is 13.4. The van der Waals surface area contributed by atoms with Crippen molar-refractivity contribution in [1.82, 2.24) is 15.0 Å². The van der Waals surface area contributed by atoms with Gasteiger partial charge in [-0.3, -0.25) is 0 Å². The predicted octanol–water partition coefficient (Wildman–Crippen LogP) is 15.2. The third-order valence-corrected chi connectivity index (χ3v) is 14.5. The van der Waals surface area contributed by atoms with Crippen LogP contribution < -0.4 is 0 Å². The van der Waals surface area contributed by atoms with Crippen LogP contribution in [0.3, 0.4) is 0 Å². The van der Waals surface area contributed by atoms with Gasteiger partial charge in [0, 0.05) is 47.6 Å². The minimum Gasteiger partial charge on any atom is -0.456 e. The summed E-state index contributed by atoms with van der Waals surface area (Å²) in [7, 11) is 0. The lowest BCUT2D eigenvalue weighted by Gasteiger charge is -2.30. The van der Waals surface area contributed by atoms with Gasteiger partial charge in [-0.05, 0) is 98.1 Å². The summed E-state index contributed by atoms with van der Waals surface area (Å²) in [4.78, 5) is 15.6. The minimum atomic E-state index is -0.414. The van der Waals surface area contributed by atoms with Crippen LogP contribution in [0.25, 0.3) is 110 Å². The maximum atomic E-state index is 6.65. The third kappa shape index (κ3) is 4.83. The van der Waals surface area contributed by atoms with Crippen LogP contribution in [0.1, 0.15) is 22.3 Å². The number of nitrogens with zero attached hydrogens (tertiary/aromatic N) is 3. The Morgan fingerprint density at radius 1 is 0.349 bits per heavy atom. The van der Waals surface area contributed by atoms with E-state index in [4.69, 9.17) is 19.4 Å². The first kappa shape index (κ1) is 34.7. The van der Waals surface area contributed by atoms with Gasteiger partial charge in [0.15, 0.2) is 17.5 Å². The van der Waals surface area contributed by atoms with Gasteiger partial charge in [-0.15, -0.1) is 11.3 Å². The molecule has 0 aliphatic heterocycles. The average Bonchev–Trinajstić information content (AvgIpc) is 4.09. The number of aromatic nitrogens is 3. The first-order valence-electron chi connectivity index (χ1n) is 21.3. The highest BCUT2D eigenvalue weighted by Gasteiger charge is 2.52.